The molecule has 0 aliphatic rings. The van der Waals surface area contributed by atoms with Crippen LogP contribution in [0.4, 0.5) is 5.82 Å². The van der Waals surface area contributed by atoms with E-state index in [2.05, 4.69) is 33.3 Å². The van der Waals surface area contributed by atoms with Gasteiger partial charge in [-0.1, -0.05) is 6.07 Å². The van der Waals surface area contributed by atoms with Crippen LogP contribution in [-0.2, 0) is 0 Å². The lowest BCUT2D eigenvalue weighted by molar-refractivity contribution is 0.865. The number of aromatic nitrogens is 3. The Hall–Kier alpha value is -2.01. The van der Waals surface area contributed by atoms with Crippen LogP contribution in [0.5, 0.6) is 0 Å². The van der Waals surface area contributed by atoms with Gasteiger partial charge in [-0.05, 0) is 36.9 Å². The lowest BCUT2D eigenvalue weighted by Crippen LogP contribution is -2.08. The van der Waals surface area contributed by atoms with Gasteiger partial charge in [-0.2, -0.15) is 0 Å². The van der Waals surface area contributed by atoms with E-state index in [1.165, 1.54) is 0 Å². The van der Waals surface area contributed by atoms with Gasteiger partial charge in [0.1, 0.15) is 17.0 Å². The van der Waals surface area contributed by atoms with Gasteiger partial charge in [0.25, 0.3) is 0 Å². The Kier molecular flexibility index (Phi) is 3.13. The molecule has 1 unspecified atom stereocenters. The summed E-state index contributed by atoms with van der Waals surface area (Å²) in [5.41, 5.74) is 2.17. The van der Waals surface area contributed by atoms with Gasteiger partial charge in [0.2, 0.25) is 0 Å². The van der Waals surface area contributed by atoms with Crippen LogP contribution in [-0.4, -0.2) is 15.0 Å². The summed E-state index contributed by atoms with van der Waals surface area (Å²) in [6, 6.07) is 6.31. The third-order valence-corrected chi connectivity index (χ3v) is 3.87. The minimum absolute atomic E-state index is 0.158. The van der Waals surface area contributed by atoms with E-state index >= 15 is 0 Å². The van der Waals surface area contributed by atoms with E-state index in [-0.39, 0.29) is 6.04 Å². The van der Waals surface area contributed by atoms with Crippen molar-refractivity contribution in [2.24, 2.45) is 0 Å². The molecular formula is C14H14N4S. The summed E-state index contributed by atoms with van der Waals surface area (Å²) in [6.07, 6.45) is 3.50. The first-order valence-electron chi connectivity index (χ1n) is 6.11. The van der Waals surface area contributed by atoms with Crippen LogP contribution >= 0.6 is 11.3 Å². The first kappa shape index (κ1) is 12.0. The SMILES string of the molecule is Cc1ccc(C(C)Nc2ncnc3sccc23)cn1. The Morgan fingerprint density at radius 1 is 1.16 bits per heavy atom. The van der Waals surface area contributed by atoms with Gasteiger partial charge in [-0.3, -0.25) is 4.98 Å². The Morgan fingerprint density at radius 2 is 2.05 bits per heavy atom. The molecule has 0 saturated heterocycles. The highest BCUT2D eigenvalue weighted by molar-refractivity contribution is 7.16. The van der Waals surface area contributed by atoms with Crippen LogP contribution in [0.2, 0.25) is 0 Å². The fourth-order valence-corrected chi connectivity index (χ4v) is 2.66. The molecule has 19 heavy (non-hydrogen) atoms. The number of thiophene rings is 1. The van der Waals surface area contributed by atoms with Gasteiger partial charge in [-0.25, -0.2) is 9.97 Å². The topological polar surface area (TPSA) is 50.7 Å². The molecule has 3 aromatic rings. The highest BCUT2D eigenvalue weighted by atomic mass is 32.1. The molecule has 0 fully saturated rings. The first-order valence-corrected chi connectivity index (χ1v) is 6.99. The van der Waals surface area contributed by atoms with Crippen LogP contribution in [0.25, 0.3) is 10.2 Å². The molecule has 3 rings (SSSR count). The van der Waals surface area contributed by atoms with Crippen molar-refractivity contribution in [2.45, 2.75) is 19.9 Å². The number of hydrogen-bond acceptors (Lipinski definition) is 5. The number of hydrogen-bond donors (Lipinski definition) is 1. The number of aryl methyl sites for hydroxylation is 1. The zero-order valence-corrected chi connectivity index (χ0v) is 11.6. The molecule has 0 spiro atoms. The maximum Gasteiger partial charge on any atom is 0.138 e. The van der Waals surface area contributed by atoms with Crippen molar-refractivity contribution in [3.8, 4) is 0 Å². The van der Waals surface area contributed by atoms with E-state index < -0.39 is 0 Å². The lowest BCUT2D eigenvalue weighted by Gasteiger charge is -2.15. The highest BCUT2D eigenvalue weighted by Crippen LogP contribution is 2.26. The Morgan fingerprint density at radius 3 is 2.84 bits per heavy atom. The van der Waals surface area contributed by atoms with Crippen molar-refractivity contribution < 1.29 is 0 Å². The van der Waals surface area contributed by atoms with Crippen molar-refractivity contribution in [1.82, 2.24) is 15.0 Å². The Bertz CT molecular complexity index is 690. The van der Waals surface area contributed by atoms with Crippen molar-refractivity contribution in [3.05, 3.63) is 47.4 Å². The summed E-state index contributed by atoms with van der Waals surface area (Å²) in [5, 5.41) is 6.52. The normalized spacial score (nSPS) is 12.5. The minimum Gasteiger partial charge on any atom is -0.363 e. The minimum atomic E-state index is 0.158. The molecular weight excluding hydrogens is 256 g/mol. The van der Waals surface area contributed by atoms with Gasteiger partial charge < -0.3 is 5.32 Å². The third-order valence-electron chi connectivity index (χ3n) is 3.05. The largest absolute Gasteiger partial charge is 0.363 e. The monoisotopic (exact) mass is 270 g/mol. The molecule has 96 valence electrons. The number of fused-ring (bicyclic) bond motifs is 1. The molecule has 0 bridgehead atoms. The molecule has 0 radical (unpaired) electrons. The molecule has 0 saturated carbocycles. The maximum atomic E-state index is 4.33. The molecule has 1 atom stereocenters. The lowest BCUT2D eigenvalue weighted by atomic mass is 10.1. The van der Waals surface area contributed by atoms with Crippen LogP contribution in [0.15, 0.2) is 36.1 Å². The predicted octanol–water partition coefficient (Wildman–Crippen LogP) is 3.57. The quantitative estimate of drug-likeness (QED) is 0.790. The second-order valence-electron chi connectivity index (χ2n) is 4.46. The Balaban J connectivity index is 1.88. The van der Waals surface area contributed by atoms with Crippen molar-refractivity contribution in [2.75, 3.05) is 5.32 Å². The summed E-state index contributed by atoms with van der Waals surface area (Å²) in [4.78, 5) is 13.9. The fraction of sp³-hybridized carbons (Fsp3) is 0.214. The number of anilines is 1. The van der Waals surface area contributed by atoms with E-state index in [1.807, 2.05) is 30.6 Å². The van der Waals surface area contributed by atoms with Crippen LogP contribution in [0.1, 0.15) is 24.2 Å². The Labute approximate surface area is 115 Å². The third kappa shape index (κ3) is 2.42. The average molecular weight is 270 g/mol. The zero-order chi connectivity index (χ0) is 13.2. The van der Waals surface area contributed by atoms with Gasteiger partial charge in [0, 0.05) is 11.9 Å². The standard InChI is InChI=1S/C14H14N4S/c1-9-3-4-11(7-15-9)10(2)18-13-12-5-6-19-14(12)17-8-16-13/h3-8,10H,1-2H3,(H,16,17,18). The first-order chi connectivity index (χ1) is 9.24. The molecule has 0 amide bonds. The van der Waals surface area contributed by atoms with E-state index in [4.69, 9.17) is 0 Å². The molecule has 0 aliphatic carbocycles. The smallest absolute Gasteiger partial charge is 0.138 e. The van der Waals surface area contributed by atoms with E-state index in [0.717, 1.165) is 27.3 Å². The molecule has 0 aromatic carbocycles. The zero-order valence-electron chi connectivity index (χ0n) is 10.8. The predicted molar refractivity (Wildman–Crippen MR) is 78.4 cm³/mol. The average Bonchev–Trinajstić information content (AvgIpc) is 2.89. The fourth-order valence-electron chi connectivity index (χ4n) is 1.93. The summed E-state index contributed by atoms with van der Waals surface area (Å²) >= 11 is 1.62. The van der Waals surface area contributed by atoms with Crippen LogP contribution in [0.3, 0.4) is 0 Å². The molecule has 5 heteroatoms. The number of nitrogens with one attached hydrogen (secondary N) is 1. The second kappa shape index (κ2) is 4.93. The summed E-state index contributed by atoms with van der Waals surface area (Å²) < 4.78 is 0. The van der Waals surface area contributed by atoms with E-state index in [9.17, 15) is 0 Å². The van der Waals surface area contributed by atoms with Crippen LogP contribution in [0, 0.1) is 6.92 Å². The van der Waals surface area contributed by atoms with Crippen molar-refractivity contribution >= 4 is 27.4 Å². The molecule has 4 nitrogen and oxygen atoms in total. The van der Waals surface area contributed by atoms with Crippen molar-refractivity contribution in [1.29, 1.82) is 0 Å². The highest BCUT2D eigenvalue weighted by Gasteiger charge is 2.10. The molecule has 1 N–H and O–H groups in total. The van der Waals surface area contributed by atoms with Gasteiger partial charge in [0.15, 0.2) is 0 Å². The van der Waals surface area contributed by atoms with Gasteiger partial charge in [-0.15, -0.1) is 11.3 Å². The van der Waals surface area contributed by atoms with Crippen LogP contribution < -0.4 is 5.32 Å². The summed E-state index contributed by atoms with van der Waals surface area (Å²) in [5.74, 6) is 0.874. The summed E-state index contributed by atoms with van der Waals surface area (Å²) in [6.45, 7) is 4.09. The molecule has 0 aliphatic heterocycles. The van der Waals surface area contributed by atoms with E-state index in [1.54, 1.807) is 17.7 Å². The van der Waals surface area contributed by atoms with E-state index in [0.29, 0.717) is 0 Å². The molecule has 3 aromatic heterocycles. The van der Waals surface area contributed by atoms with Gasteiger partial charge in [0.05, 0.1) is 11.4 Å². The molecule has 3 heterocycles. The van der Waals surface area contributed by atoms with Gasteiger partial charge >= 0.3 is 0 Å². The second-order valence-corrected chi connectivity index (χ2v) is 5.36. The number of rotatable bonds is 3. The number of nitrogens with zero attached hydrogens (tertiary/aromatic N) is 3. The maximum absolute atomic E-state index is 4.33. The number of pyridine rings is 1. The summed E-state index contributed by atoms with van der Waals surface area (Å²) in [7, 11) is 0. The van der Waals surface area contributed by atoms with Crippen molar-refractivity contribution in [3.63, 3.8) is 0 Å².